The number of benzene rings is 2. The lowest BCUT2D eigenvalue weighted by molar-refractivity contribution is -0.0490. The van der Waals surface area contributed by atoms with Crippen molar-refractivity contribution in [2.75, 3.05) is 0 Å². The minimum absolute atomic E-state index is 0.0380. The zero-order valence-corrected chi connectivity index (χ0v) is 15.2. The van der Waals surface area contributed by atoms with E-state index in [-0.39, 0.29) is 19.0 Å². The Hall–Kier alpha value is -2.70. The summed E-state index contributed by atoms with van der Waals surface area (Å²) in [6.45, 7) is -0.432. The van der Waals surface area contributed by atoms with Crippen molar-refractivity contribution >= 4 is 17.2 Å². The standard InChI is InChI=1S/C23H22O5/c24-11-13-7-18(12-25)22(21(26)8-13)17-2-1-14(10-17)15-3-5-19-16(9-15)4-6-20(19)23(27)28/h2-10,20,23-28H,1,11-12H2. The van der Waals surface area contributed by atoms with Gasteiger partial charge in [0, 0.05) is 5.56 Å². The van der Waals surface area contributed by atoms with Crippen LogP contribution in [0.4, 0.5) is 0 Å². The van der Waals surface area contributed by atoms with E-state index in [1.807, 2.05) is 36.4 Å². The molecule has 0 bridgehead atoms. The van der Waals surface area contributed by atoms with Crippen molar-refractivity contribution in [3.8, 4) is 5.75 Å². The fourth-order valence-electron chi connectivity index (χ4n) is 3.99. The van der Waals surface area contributed by atoms with Crippen LogP contribution in [0.15, 0.2) is 48.6 Å². The second-order valence-corrected chi connectivity index (χ2v) is 7.14. The van der Waals surface area contributed by atoms with Crippen LogP contribution in [0, 0.1) is 0 Å². The molecule has 5 heteroatoms. The van der Waals surface area contributed by atoms with Crippen LogP contribution in [0.5, 0.6) is 5.75 Å². The van der Waals surface area contributed by atoms with Crippen LogP contribution in [0.25, 0.3) is 17.2 Å². The smallest absolute Gasteiger partial charge is 0.161 e. The fourth-order valence-corrected chi connectivity index (χ4v) is 3.99. The van der Waals surface area contributed by atoms with Gasteiger partial charge in [-0.05, 0) is 57.5 Å². The Labute approximate surface area is 162 Å². The minimum atomic E-state index is -1.41. The third kappa shape index (κ3) is 3.19. The number of phenolic OH excluding ortho intramolecular Hbond substituents is 1. The summed E-state index contributed by atoms with van der Waals surface area (Å²) in [4.78, 5) is 0. The molecule has 0 heterocycles. The van der Waals surface area contributed by atoms with Crippen molar-refractivity contribution in [3.63, 3.8) is 0 Å². The molecule has 5 N–H and O–H groups in total. The van der Waals surface area contributed by atoms with Gasteiger partial charge in [0.15, 0.2) is 6.29 Å². The van der Waals surface area contributed by atoms with Gasteiger partial charge < -0.3 is 25.5 Å². The van der Waals surface area contributed by atoms with Gasteiger partial charge in [0.2, 0.25) is 0 Å². The zero-order chi connectivity index (χ0) is 19.8. The number of phenols is 1. The molecule has 0 saturated heterocycles. The third-order valence-electron chi connectivity index (χ3n) is 5.39. The third-order valence-corrected chi connectivity index (χ3v) is 5.39. The molecule has 0 radical (unpaired) electrons. The highest BCUT2D eigenvalue weighted by atomic mass is 16.5. The molecule has 4 rings (SSSR count). The number of rotatable bonds is 5. The Bertz CT molecular complexity index is 1010. The molecule has 0 fully saturated rings. The average molecular weight is 378 g/mol. The molecule has 0 spiro atoms. The Balaban J connectivity index is 1.66. The van der Waals surface area contributed by atoms with E-state index >= 15 is 0 Å². The Morgan fingerprint density at radius 1 is 1.04 bits per heavy atom. The zero-order valence-electron chi connectivity index (χ0n) is 15.2. The van der Waals surface area contributed by atoms with Gasteiger partial charge in [0.1, 0.15) is 5.75 Å². The van der Waals surface area contributed by atoms with Gasteiger partial charge in [0.25, 0.3) is 0 Å². The van der Waals surface area contributed by atoms with E-state index < -0.39 is 12.2 Å². The topological polar surface area (TPSA) is 101 Å². The molecule has 0 saturated carbocycles. The Morgan fingerprint density at radius 3 is 2.57 bits per heavy atom. The molecule has 144 valence electrons. The lowest BCUT2D eigenvalue weighted by Crippen LogP contribution is -2.14. The van der Waals surface area contributed by atoms with E-state index in [2.05, 4.69) is 0 Å². The number of hydrogen-bond acceptors (Lipinski definition) is 5. The van der Waals surface area contributed by atoms with Crippen molar-refractivity contribution in [3.05, 3.63) is 81.9 Å². The van der Waals surface area contributed by atoms with Crippen LogP contribution < -0.4 is 0 Å². The number of fused-ring (bicyclic) bond motifs is 1. The van der Waals surface area contributed by atoms with Crippen molar-refractivity contribution < 1.29 is 25.5 Å². The monoisotopic (exact) mass is 378 g/mol. The number of aliphatic hydroxyl groups is 4. The number of hydrogen-bond donors (Lipinski definition) is 5. The van der Waals surface area contributed by atoms with Gasteiger partial charge >= 0.3 is 0 Å². The van der Waals surface area contributed by atoms with Crippen molar-refractivity contribution in [2.45, 2.75) is 31.8 Å². The molecule has 1 unspecified atom stereocenters. The highest BCUT2D eigenvalue weighted by molar-refractivity contribution is 5.92. The van der Waals surface area contributed by atoms with Crippen molar-refractivity contribution in [2.24, 2.45) is 0 Å². The van der Waals surface area contributed by atoms with E-state index in [4.69, 9.17) is 0 Å². The molecule has 0 aliphatic heterocycles. The van der Waals surface area contributed by atoms with E-state index in [9.17, 15) is 25.5 Å². The Morgan fingerprint density at radius 2 is 1.86 bits per heavy atom. The minimum Gasteiger partial charge on any atom is -0.507 e. The molecule has 2 aliphatic carbocycles. The summed E-state index contributed by atoms with van der Waals surface area (Å²) in [6, 6.07) is 9.12. The van der Waals surface area contributed by atoms with E-state index in [1.54, 1.807) is 12.1 Å². The molecule has 2 aliphatic rings. The molecule has 0 amide bonds. The van der Waals surface area contributed by atoms with E-state index in [1.165, 1.54) is 6.07 Å². The average Bonchev–Trinajstić information content (AvgIpc) is 3.33. The molecule has 5 nitrogen and oxygen atoms in total. The van der Waals surface area contributed by atoms with Gasteiger partial charge in [-0.1, -0.05) is 42.5 Å². The van der Waals surface area contributed by atoms with Crippen LogP contribution in [0.1, 0.15) is 45.7 Å². The normalized spacial score (nSPS) is 17.8. The lowest BCUT2D eigenvalue weighted by atomic mass is 9.95. The summed E-state index contributed by atoms with van der Waals surface area (Å²) in [5, 5.41) is 48.4. The SMILES string of the molecule is OCc1cc(O)c(C2=CCC(c3ccc4c(c3)C=CC4C(O)O)=C2)c(CO)c1. The van der Waals surface area contributed by atoms with Gasteiger partial charge in [-0.25, -0.2) is 0 Å². The molecular weight excluding hydrogens is 356 g/mol. The van der Waals surface area contributed by atoms with Crippen LogP contribution in [-0.4, -0.2) is 31.8 Å². The first kappa shape index (κ1) is 18.7. The first-order chi connectivity index (χ1) is 13.5. The fraction of sp³-hybridized carbons (Fsp3) is 0.217. The van der Waals surface area contributed by atoms with Crippen LogP contribution in [-0.2, 0) is 13.2 Å². The predicted octanol–water partition coefficient (Wildman–Crippen LogP) is 2.67. The summed E-state index contributed by atoms with van der Waals surface area (Å²) in [7, 11) is 0. The molecule has 1 atom stereocenters. The van der Waals surface area contributed by atoms with Crippen LogP contribution in [0.3, 0.4) is 0 Å². The van der Waals surface area contributed by atoms with Gasteiger partial charge in [0.05, 0.1) is 19.1 Å². The van der Waals surface area contributed by atoms with Crippen LogP contribution in [0.2, 0.25) is 0 Å². The summed E-state index contributed by atoms with van der Waals surface area (Å²) in [6.07, 6.45) is 6.97. The largest absolute Gasteiger partial charge is 0.507 e. The summed E-state index contributed by atoms with van der Waals surface area (Å²) >= 11 is 0. The maximum atomic E-state index is 10.4. The highest BCUT2D eigenvalue weighted by Gasteiger charge is 2.24. The quantitative estimate of drug-likeness (QED) is 0.515. The number of allylic oxidation sites excluding steroid dienone is 4. The summed E-state index contributed by atoms with van der Waals surface area (Å²) in [5.41, 5.74) is 6.51. The molecule has 2 aromatic rings. The van der Waals surface area contributed by atoms with Crippen LogP contribution >= 0.6 is 0 Å². The van der Waals surface area contributed by atoms with Crippen molar-refractivity contribution in [1.82, 2.24) is 0 Å². The highest BCUT2D eigenvalue weighted by Crippen LogP contribution is 2.40. The number of aliphatic hydroxyl groups excluding tert-OH is 3. The first-order valence-electron chi connectivity index (χ1n) is 9.18. The maximum Gasteiger partial charge on any atom is 0.161 e. The van der Waals surface area contributed by atoms with Gasteiger partial charge in [-0.15, -0.1) is 0 Å². The molecule has 0 aromatic heterocycles. The summed E-state index contributed by atoms with van der Waals surface area (Å²) in [5.74, 6) is -0.361. The second kappa shape index (κ2) is 7.37. The predicted molar refractivity (Wildman–Crippen MR) is 107 cm³/mol. The lowest BCUT2D eigenvalue weighted by Gasteiger charge is -2.14. The van der Waals surface area contributed by atoms with Gasteiger partial charge in [-0.2, -0.15) is 0 Å². The van der Waals surface area contributed by atoms with E-state index in [0.717, 1.165) is 27.8 Å². The van der Waals surface area contributed by atoms with Crippen molar-refractivity contribution in [1.29, 1.82) is 0 Å². The molecule has 28 heavy (non-hydrogen) atoms. The number of aromatic hydroxyl groups is 1. The molecule has 2 aromatic carbocycles. The van der Waals surface area contributed by atoms with E-state index in [0.29, 0.717) is 23.1 Å². The summed E-state index contributed by atoms with van der Waals surface area (Å²) < 4.78 is 0. The molecular formula is C23H22O5. The maximum absolute atomic E-state index is 10.4. The first-order valence-corrected chi connectivity index (χ1v) is 9.18. The second-order valence-electron chi connectivity index (χ2n) is 7.14. The Kier molecular flexibility index (Phi) is 4.91. The van der Waals surface area contributed by atoms with Gasteiger partial charge in [-0.3, -0.25) is 0 Å².